The Labute approximate surface area is 183 Å². The molecule has 162 valence electrons. The second-order valence-corrected chi connectivity index (χ2v) is 10.2. The average molecular weight is 429 g/mol. The molecular formula is C24H32N2O3S. The van der Waals surface area contributed by atoms with Crippen LogP contribution in [0.25, 0.3) is 0 Å². The van der Waals surface area contributed by atoms with Gasteiger partial charge in [-0.2, -0.15) is 0 Å². The standard InChI is InChI=1S/C24H32N2O3S/c1-6-28-17-11-8-14(12-18(17)29-7-2)21-25-22(27)20-16-10-9-15(24(3,4)5)13-19(16)30-23(20)26-21/h8,11-12,15,21,26H,6-7,9-10,13H2,1-5H3,(H,25,27)/t15-,21+/m0/s1. The lowest BCUT2D eigenvalue weighted by Gasteiger charge is -2.34. The number of rotatable bonds is 5. The Morgan fingerprint density at radius 1 is 1.10 bits per heavy atom. The van der Waals surface area contributed by atoms with Gasteiger partial charge in [-0.3, -0.25) is 4.79 Å². The third kappa shape index (κ3) is 3.89. The fourth-order valence-electron chi connectivity index (χ4n) is 4.45. The summed E-state index contributed by atoms with van der Waals surface area (Å²) in [6.07, 6.45) is 2.92. The van der Waals surface area contributed by atoms with E-state index in [1.165, 1.54) is 10.4 Å². The third-order valence-electron chi connectivity index (χ3n) is 6.17. The van der Waals surface area contributed by atoms with Gasteiger partial charge in [0, 0.05) is 4.88 Å². The Morgan fingerprint density at radius 2 is 1.83 bits per heavy atom. The van der Waals surface area contributed by atoms with Gasteiger partial charge in [-0.15, -0.1) is 11.3 Å². The molecule has 1 aromatic heterocycles. The Morgan fingerprint density at radius 3 is 2.53 bits per heavy atom. The van der Waals surface area contributed by atoms with Gasteiger partial charge in [0.1, 0.15) is 11.2 Å². The maximum Gasteiger partial charge on any atom is 0.256 e. The van der Waals surface area contributed by atoms with E-state index in [0.717, 1.165) is 41.1 Å². The average Bonchev–Trinajstić information content (AvgIpc) is 3.07. The van der Waals surface area contributed by atoms with Crippen molar-refractivity contribution in [3.8, 4) is 11.5 Å². The lowest BCUT2D eigenvalue weighted by atomic mass is 9.72. The van der Waals surface area contributed by atoms with E-state index >= 15 is 0 Å². The van der Waals surface area contributed by atoms with Gasteiger partial charge < -0.3 is 20.1 Å². The molecule has 2 aliphatic rings. The molecule has 0 radical (unpaired) electrons. The van der Waals surface area contributed by atoms with Crippen molar-refractivity contribution in [2.45, 2.75) is 60.0 Å². The quantitative estimate of drug-likeness (QED) is 0.655. The molecule has 0 saturated carbocycles. The minimum Gasteiger partial charge on any atom is -0.490 e. The van der Waals surface area contributed by atoms with Crippen LogP contribution < -0.4 is 20.1 Å². The van der Waals surface area contributed by atoms with Gasteiger partial charge in [0.25, 0.3) is 5.91 Å². The highest BCUT2D eigenvalue weighted by Crippen LogP contribution is 2.46. The van der Waals surface area contributed by atoms with Gasteiger partial charge in [-0.05, 0) is 67.7 Å². The van der Waals surface area contributed by atoms with Crippen LogP contribution in [0, 0.1) is 11.3 Å². The predicted molar refractivity (Wildman–Crippen MR) is 122 cm³/mol. The second kappa shape index (κ2) is 8.14. The molecule has 0 bridgehead atoms. The molecule has 0 spiro atoms. The van der Waals surface area contributed by atoms with Crippen molar-refractivity contribution in [3.63, 3.8) is 0 Å². The molecule has 1 aromatic carbocycles. The van der Waals surface area contributed by atoms with Crippen molar-refractivity contribution >= 4 is 22.2 Å². The summed E-state index contributed by atoms with van der Waals surface area (Å²) in [5, 5.41) is 7.71. The number of carbonyl (C=O) groups excluding carboxylic acids is 1. The van der Waals surface area contributed by atoms with Crippen LogP contribution in [-0.4, -0.2) is 19.1 Å². The normalized spacial score (nSPS) is 20.6. The molecule has 0 unspecified atom stereocenters. The van der Waals surface area contributed by atoms with Crippen LogP contribution in [0.3, 0.4) is 0 Å². The largest absolute Gasteiger partial charge is 0.490 e. The van der Waals surface area contributed by atoms with Crippen molar-refractivity contribution < 1.29 is 14.3 Å². The Balaban J connectivity index is 1.61. The molecule has 2 N–H and O–H groups in total. The molecule has 6 heteroatoms. The molecule has 2 aromatic rings. The number of nitrogens with one attached hydrogen (secondary N) is 2. The van der Waals surface area contributed by atoms with Crippen molar-refractivity contribution in [2.24, 2.45) is 11.3 Å². The summed E-state index contributed by atoms with van der Waals surface area (Å²) < 4.78 is 11.4. The first-order valence-corrected chi connectivity index (χ1v) is 11.7. The summed E-state index contributed by atoms with van der Waals surface area (Å²) in [5.41, 5.74) is 3.35. The van der Waals surface area contributed by atoms with Gasteiger partial charge in [0.2, 0.25) is 0 Å². The molecule has 2 atom stereocenters. The van der Waals surface area contributed by atoms with Crippen molar-refractivity contribution in [1.29, 1.82) is 0 Å². The maximum atomic E-state index is 13.1. The van der Waals surface area contributed by atoms with Crippen LogP contribution in [-0.2, 0) is 12.8 Å². The van der Waals surface area contributed by atoms with Crippen molar-refractivity contribution in [1.82, 2.24) is 5.32 Å². The van der Waals surface area contributed by atoms with Crippen LogP contribution in [0.2, 0.25) is 0 Å². The van der Waals surface area contributed by atoms with Crippen LogP contribution >= 0.6 is 11.3 Å². The lowest BCUT2D eigenvalue weighted by molar-refractivity contribution is 0.0934. The monoisotopic (exact) mass is 428 g/mol. The number of ether oxygens (including phenoxy) is 2. The van der Waals surface area contributed by atoms with E-state index in [-0.39, 0.29) is 12.1 Å². The summed E-state index contributed by atoms with van der Waals surface area (Å²) in [5.74, 6) is 2.11. The van der Waals surface area contributed by atoms with Gasteiger partial charge in [-0.25, -0.2) is 0 Å². The van der Waals surface area contributed by atoms with Gasteiger partial charge >= 0.3 is 0 Å². The molecule has 4 rings (SSSR count). The topological polar surface area (TPSA) is 59.6 Å². The summed E-state index contributed by atoms with van der Waals surface area (Å²) in [7, 11) is 0. The Bertz CT molecular complexity index is 945. The van der Waals surface area contributed by atoms with Gasteiger partial charge in [-0.1, -0.05) is 26.8 Å². The van der Waals surface area contributed by atoms with E-state index in [1.807, 2.05) is 32.0 Å². The van der Waals surface area contributed by atoms with E-state index < -0.39 is 0 Å². The zero-order valence-corrected chi connectivity index (χ0v) is 19.4. The number of anilines is 1. The van der Waals surface area contributed by atoms with E-state index in [2.05, 4.69) is 31.4 Å². The second-order valence-electron chi connectivity index (χ2n) is 9.14. The number of amides is 1. The number of hydrogen-bond donors (Lipinski definition) is 2. The van der Waals surface area contributed by atoms with Crippen LogP contribution in [0.15, 0.2) is 18.2 Å². The van der Waals surface area contributed by atoms with Crippen LogP contribution in [0.1, 0.15) is 73.6 Å². The number of benzene rings is 1. The molecular weight excluding hydrogens is 396 g/mol. The number of carbonyl (C=O) groups is 1. The molecule has 5 nitrogen and oxygen atoms in total. The number of fused-ring (bicyclic) bond motifs is 3. The molecule has 0 saturated heterocycles. The zero-order chi connectivity index (χ0) is 21.5. The maximum absolute atomic E-state index is 13.1. The Kier molecular flexibility index (Phi) is 5.71. The highest BCUT2D eigenvalue weighted by Gasteiger charge is 2.36. The minimum absolute atomic E-state index is 0.0207. The smallest absolute Gasteiger partial charge is 0.256 e. The summed E-state index contributed by atoms with van der Waals surface area (Å²) in [6, 6.07) is 5.86. The molecule has 1 amide bonds. The molecule has 0 fully saturated rings. The molecule has 30 heavy (non-hydrogen) atoms. The fraction of sp³-hybridized carbons (Fsp3) is 0.542. The van der Waals surface area contributed by atoms with E-state index in [1.54, 1.807) is 11.3 Å². The minimum atomic E-state index is -0.279. The van der Waals surface area contributed by atoms with E-state index in [9.17, 15) is 4.79 Å². The first kappa shape index (κ1) is 21.0. The van der Waals surface area contributed by atoms with Crippen molar-refractivity contribution in [3.05, 3.63) is 39.8 Å². The first-order valence-electron chi connectivity index (χ1n) is 10.9. The molecule has 1 aliphatic carbocycles. The van der Waals surface area contributed by atoms with Gasteiger partial charge in [0.15, 0.2) is 11.5 Å². The molecule has 1 aliphatic heterocycles. The van der Waals surface area contributed by atoms with E-state index in [4.69, 9.17) is 9.47 Å². The highest BCUT2D eigenvalue weighted by atomic mass is 32.1. The number of thiophene rings is 1. The zero-order valence-electron chi connectivity index (χ0n) is 18.6. The summed E-state index contributed by atoms with van der Waals surface area (Å²) in [4.78, 5) is 14.4. The van der Waals surface area contributed by atoms with Crippen LogP contribution in [0.4, 0.5) is 5.00 Å². The number of hydrogen-bond acceptors (Lipinski definition) is 5. The summed E-state index contributed by atoms with van der Waals surface area (Å²) in [6.45, 7) is 12.0. The first-order chi connectivity index (χ1) is 14.3. The molecule has 2 heterocycles. The highest BCUT2D eigenvalue weighted by molar-refractivity contribution is 7.16. The van der Waals surface area contributed by atoms with Crippen molar-refractivity contribution in [2.75, 3.05) is 18.5 Å². The Hall–Kier alpha value is -2.21. The summed E-state index contributed by atoms with van der Waals surface area (Å²) >= 11 is 1.76. The third-order valence-corrected chi connectivity index (χ3v) is 7.35. The lowest BCUT2D eigenvalue weighted by Crippen LogP contribution is -2.38. The van der Waals surface area contributed by atoms with Gasteiger partial charge in [0.05, 0.1) is 18.8 Å². The fourth-order valence-corrected chi connectivity index (χ4v) is 5.80. The van der Waals surface area contributed by atoms with Crippen LogP contribution in [0.5, 0.6) is 11.5 Å². The SMILES string of the molecule is CCOc1ccc([C@@H]2NC(=O)c3c(sc4c3CC[C@H](C(C)(C)C)C4)N2)cc1OCC. The van der Waals surface area contributed by atoms with E-state index in [0.29, 0.717) is 30.3 Å². The predicted octanol–water partition coefficient (Wildman–Crippen LogP) is 5.55.